The van der Waals surface area contributed by atoms with Crippen LogP contribution in [0.15, 0.2) is 0 Å². The highest BCUT2D eigenvalue weighted by Gasteiger charge is 2.40. The van der Waals surface area contributed by atoms with Crippen LogP contribution in [0.2, 0.25) is 13.1 Å². The van der Waals surface area contributed by atoms with Crippen molar-refractivity contribution >= 4 is 9.04 Å². The van der Waals surface area contributed by atoms with E-state index >= 15 is 0 Å². The monoisotopic (exact) mass is 244 g/mol. The van der Waals surface area contributed by atoms with Gasteiger partial charge in [-0.25, -0.2) is 0 Å². The maximum absolute atomic E-state index is 9.44. The summed E-state index contributed by atoms with van der Waals surface area (Å²) in [6.07, 6.45) is 4.00. The highest BCUT2D eigenvalue weighted by molar-refractivity contribution is 6.48. The van der Waals surface area contributed by atoms with E-state index < -0.39 is 9.04 Å². The van der Waals surface area contributed by atoms with Crippen LogP contribution < -0.4 is 0 Å². The first-order chi connectivity index (χ1) is 7.36. The summed E-state index contributed by atoms with van der Waals surface area (Å²) in [6.45, 7) is 11.6. The largest absolute Gasteiger partial charge is 0.417 e. The van der Waals surface area contributed by atoms with Crippen LogP contribution in [0.4, 0.5) is 0 Å². The summed E-state index contributed by atoms with van der Waals surface area (Å²) < 4.78 is 6.26. The van der Waals surface area contributed by atoms with Crippen molar-refractivity contribution in [2.45, 2.75) is 59.2 Å². The fourth-order valence-electron chi connectivity index (χ4n) is 2.93. The minimum absolute atomic E-state index is 0.194. The topological polar surface area (TPSA) is 29.5 Å². The van der Waals surface area contributed by atoms with Gasteiger partial charge in [0, 0.05) is 6.61 Å². The molecular formula is C13H28O2Si. The Bertz CT molecular complexity index is 210. The lowest BCUT2D eigenvalue weighted by atomic mass is 9.77. The molecule has 0 aromatic rings. The van der Waals surface area contributed by atoms with Gasteiger partial charge in [0.05, 0.1) is 6.10 Å². The van der Waals surface area contributed by atoms with Crippen LogP contribution >= 0.6 is 0 Å². The Kier molecular flexibility index (Phi) is 5.01. The van der Waals surface area contributed by atoms with Crippen molar-refractivity contribution in [1.82, 2.24) is 0 Å². The van der Waals surface area contributed by atoms with Gasteiger partial charge in [0.15, 0.2) is 9.04 Å². The van der Waals surface area contributed by atoms with Gasteiger partial charge in [0.25, 0.3) is 0 Å². The summed E-state index contributed by atoms with van der Waals surface area (Å²) in [5, 5.41) is 9.44. The molecule has 0 aliphatic heterocycles. The lowest BCUT2D eigenvalue weighted by molar-refractivity contribution is 0.00627. The molecule has 0 saturated heterocycles. The van der Waals surface area contributed by atoms with Crippen LogP contribution in [-0.2, 0) is 4.43 Å². The lowest BCUT2D eigenvalue weighted by Crippen LogP contribution is -2.41. The first-order valence-corrected chi connectivity index (χ1v) is 9.40. The predicted octanol–water partition coefficient (Wildman–Crippen LogP) is 2.81. The standard InChI is InChI=1S/C13H28O2Si/c1-13(2,3)12(15-16(4)5)11-8-6-7-10(11)9-14/h10-12,14,16H,6-9H2,1-5H3/t10-,11-,12?/m1/s1. The van der Waals surface area contributed by atoms with Crippen molar-refractivity contribution in [2.24, 2.45) is 17.3 Å². The molecule has 1 N–H and O–H groups in total. The Balaban J connectivity index is 2.75. The van der Waals surface area contributed by atoms with Gasteiger partial charge in [0.1, 0.15) is 0 Å². The van der Waals surface area contributed by atoms with E-state index in [2.05, 4.69) is 33.9 Å². The maximum atomic E-state index is 9.44. The first-order valence-electron chi connectivity index (χ1n) is 6.62. The molecule has 0 aromatic heterocycles. The van der Waals surface area contributed by atoms with Crippen molar-refractivity contribution < 1.29 is 9.53 Å². The smallest absolute Gasteiger partial charge is 0.171 e. The fraction of sp³-hybridized carbons (Fsp3) is 1.00. The van der Waals surface area contributed by atoms with E-state index in [4.69, 9.17) is 4.43 Å². The summed E-state index contributed by atoms with van der Waals surface area (Å²) in [7, 11) is -1.00. The van der Waals surface area contributed by atoms with E-state index in [0.29, 0.717) is 24.5 Å². The molecule has 2 nitrogen and oxygen atoms in total. The second kappa shape index (κ2) is 5.65. The third kappa shape index (κ3) is 3.57. The minimum atomic E-state index is -1.00. The second-order valence-electron chi connectivity index (χ2n) is 6.51. The predicted molar refractivity (Wildman–Crippen MR) is 71.1 cm³/mol. The van der Waals surface area contributed by atoms with Crippen LogP contribution in [-0.4, -0.2) is 26.9 Å². The molecule has 1 aliphatic carbocycles. The maximum Gasteiger partial charge on any atom is 0.171 e. The molecule has 3 atom stereocenters. The van der Waals surface area contributed by atoms with Crippen molar-refractivity contribution in [3.63, 3.8) is 0 Å². The van der Waals surface area contributed by atoms with Crippen LogP contribution in [0.5, 0.6) is 0 Å². The van der Waals surface area contributed by atoms with E-state index in [1.165, 1.54) is 19.3 Å². The molecule has 0 amide bonds. The van der Waals surface area contributed by atoms with E-state index in [0.717, 1.165) is 0 Å². The molecule has 0 radical (unpaired) electrons. The van der Waals surface area contributed by atoms with E-state index in [-0.39, 0.29) is 5.41 Å². The van der Waals surface area contributed by atoms with Crippen molar-refractivity contribution in [1.29, 1.82) is 0 Å². The molecule has 1 aliphatic rings. The molecule has 0 spiro atoms. The zero-order chi connectivity index (χ0) is 12.3. The molecule has 0 aromatic carbocycles. The highest BCUT2D eigenvalue weighted by Crippen LogP contribution is 2.41. The van der Waals surface area contributed by atoms with Gasteiger partial charge in [0.2, 0.25) is 0 Å². The molecule has 3 heteroatoms. The van der Waals surface area contributed by atoms with Crippen molar-refractivity contribution in [3.05, 3.63) is 0 Å². The summed E-state index contributed by atoms with van der Waals surface area (Å²) in [5.41, 5.74) is 0.194. The van der Waals surface area contributed by atoms with Gasteiger partial charge >= 0.3 is 0 Å². The molecule has 96 valence electrons. The molecule has 1 saturated carbocycles. The van der Waals surface area contributed by atoms with Gasteiger partial charge in [-0.2, -0.15) is 0 Å². The zero-order valence-electron chi connectivity index (χ0n) is 11.5. The molecule has 1 fully saturated rings. The number of aliphatic hydroxyl groups is 1. The van der Waals surface area contributed by atoms with Gasteiger partial charge in [-0.05, 0) is 43.2 Å². The van der Waals surface area contributed by atoms with Gasteiger partial charge in [-0.1, -0.05) is 27.2 Å². The van der Waals surface area contributed by atoms with Crippen LogP contribution in [0, 0.1) is 17.3 Å². The zero-order valence-corrected chi connectivity index (χ0v) is 12.6. The van der Waals surface area contributed by atoms with E-state index in [1.54, 1.807) is 0 Å². The molecule has 1 unspecified atom stereocenters. The Morgan fingerprint density at radius 3 is 2.38 bits per heavy atom. The van der Waals surface area contributed by atoms with Gasteiger partial charge in [-0.15, -0.1) is 0 Å². The Labute approximate surface area is 102 Å². The molecule has 0 bridgehead atoms. The van der Waals surface area contributed by atoms with E-state index in [1.807, 2.05) is 0 Å². The summed E-state index contributed by atoms with van der Waals surface area (Å²) >= 11 is 0. The second-order valence-corrected chi connectivity index (χ2v) is 8.88. The number of rotatable bonds is 4. The average Bonchev–Trinajstić information content (AvgIpc) is 2.59. The van der Waals surface area contributed by atoms with Crippen molar-refractivity contribution in [2.75, 3.05) is 6.61 Å². The lowest BCUT2D eigenvalue weighted by Gasteiger charge is -2.39. The summed E-state index contributed by atoms with van der Waals surface area (Å²) in [6, 6.07) is 0. The summed E-state index contributed by atoms with van der Waals surface area (Å²) in [5.74, 6) is 1.04. The quantitative estimate of drug-likeness (QED) is 0.771. The van der Waals surface area contributed by atoms with Crippen LogP contribution in [0.25, 0.3) is 0 Å². The normalized spacial score (nSPS) is 28.7. The third-order valence-electron chi connectivity index (χ3n) is 3.61. The highest BCUT2D eigenvalue weighted by atomic mass is 28.3. The van der Waals surface area contributed by atoms with Crippen LogP contribution in [0.1, 0.15) is 40.0 Å². The Morgan fingerprint density at radius 2 is 1.94 bits per heavy atom. The first kappa shape index (κ1) is 14.2. The van der Waals surface area contributed by atoms with E-state index in [9.17, 15) is 5.11 Å². The molecule has 0 heterocycles. The SMILES string of the molecule is C[SiH](C)OC([C@@H]1CCC[C@@H]1CO)C(C)(C)C. The number of hydrogen-bond donors (Lipinski definition) is 1. The number of hydrogen-bond acceptors (Lipinski definition) is 2. The average molecular weight is 244 g/mol. The van der Waals surface area contributed by atoms with Gasteiger partial charge < -0.3 is 9.53 Å². The third-order valence-corrected chi connectivity index (χ3v) is 4.45. The molecule has 16 heavy (non-hydrogen) atoms. The Morgan fingerprint density at radius 1 is 1.31 bits per heavy atom. The fourth-order valence-corrected chi connectivity index (χ4v) is 4.13. The van der Waals surface area contributed by atoms with Gasteiger partial charge in [-0.3, -0.25) is 0 Å². The summed E-state index contributed by atoms with van der Waals surface area (Å²) in [4.78, 5) is 0. The van der Waals surface area contributed by atoms with Crippen LogP contribution in [0.3, 0.4) is 0 Å². The number of aliphatic hydroxyl groups excluding tert-OH is 1. The molecule has 1 rings (SSSR count). The van der Waals surface area contributed by atoms with Crippen molar-refractivity contribution in [3.8, 4) is 0 Å². The molecular weight excluding hydrogens is 216 g/mol. The minimum Gasteiger partial charge on any atom is -0.417 e. The Hall–Kier alpha value is 0.137.